The average molecular weight is 206 g/mol. The maximum Gasteiger partial charge on any atom is 0.129 e. The quantitative estimate of drug-likeness (QED) is 0.694. The van der Waals surface area contributed by atoms with Crippen molar-refractivity contribution in [3.8, 4) is 0 Å². The van der Waals surface area contributed by atoms with Crippen LogP contribution in [0.15, 0.2) is 30.3 Å². The van der Waals surface area contributed by atoms with E-state index in [9.17, 15) is 4.79 Å². The number of carbonyl (C=O) groups is 2. The SMILES string of the molecule is C=O.CC(=O)CCCCc1ccccc1. The van der Waals surface area contributed by atoms with Crippen LogP contribution in [0.1, 0.15) is 31.7 Å². The van der Waals surface area contributed by atoms with Gasteiger partial charge in [-0.05, 0) is 31.7 Å². The van der Waals surface area contributed by atoms with Crippen LogP contribution in [0, 0.1) is 0 Å². The molecule has 0 bridgehead atoms. The first kappa shape index (κ1) is 13.6. The van der Waals surface area contributed by atoms with Gasteiger partial charge in [0.25, 0.3) is 0 Å². The summed E-state index contributed by atoms with van der Waals surface area (Å²) in [7, 11) is 0. The molecule has 82 valence electrons. The van der Waals surface area contributed by atoms with Crippen molar-refractivity contribution < 1.29 is 9.59 Å². The molecule has 0 N–H and O–H groups in total. The second-order valence-corrected chi connectivity index (χ2v) is 3.39. The minimum absolute atomic E-state index is 0.299. The maximum absolute atomic E-state index is 10.7. The Morgan fingerprint density at radius 1 is 1.13 bits per heavy atom. The van der Waals surface area contributed by atoms with Crippen LogP contribution in [0.25, 0.3) is 0 Å². The summed E-state index contributed by atoms with van der Waals surface area (Å²) in [5.41, 5.74) is 1.37. The van der Waals surface area contributed by atoms with Crippen molar-refractivity contribution >= 4 is 12.6 Å². The third-order valence-electron chi connectivity index (χ3n) is 2.09. The highest BCUT2D eigenvalue weighted by molar-refractivity contribution is 5.75. The monoisotopic (exact) mass is 206 g/mol. The Labute approximate surface area is 91.3 Å². The number of aryl methyl sites for hydroxylation is 1. The summed E-state index contributed by atoms with van der Waals surface area (Å²) in [6.45, 7) is 3.66. The number of hydrogen-bond acceptors (Lipinski definition) is 2. The van der Waals surface area contributed by atoms with Gasteiger partial charge in [0.05, 0.1) is 0 Å². The van der Waals surface area contributed by atoms with Crippen molar-refractivity contribution in [2.75, 3.05) is 0 Å². The Balaban J connectivity index is 0.000000921. The zero-order valence-electron chi connectivity index (χ0n) is 9.24. The van der Waals surface area contributed by atoms with Crippen LogP contribution in [0.4, 0.5) is 0 Å². The van der Waals surface area contributed by atoms with Crippen molar-refractivity contribution in [1.82, 2.24) is 0 Å². The van der Waals surface area contributed by atoms with E-state index in [1.165, 1.54) is 5.56 Å². The molecule has 1 aromatic rings. The number of hydrogen-bond donors (Lipinski definition) is 0. The van der Waals surface area contributed by atoms with Gasteiger partial charge in [-0.15, -0.1) is 0 Å². The smallest absolute Gasteiger partial charge is 0.129 e. The summed E-state index contributed by atoms with van der Waals surface area (Å²) in [6, 6.07) is 10.4. The van der Waals surface area contributed by atoms with Gasteiger partial charge < -0.3 is 9.59 Å². The first-order valence-electron chi connectivity index (χ1n) is 5.11. The summed E-state index contributed by atoms with van der Waals surface area (Å²) in [5, 5.41) is 0. The van der Waals surface area contributed by atoms with Crippen LogP contribution < -0.4 is 0 Å². The molecule has 0 heterocycles. The van der Waals surface area contributed by atoms with Crippen molar-refractivity contribution in [3.05, 3.63) is 35.9 Å². The number of carbonyl (C=O) groups excluding carboxylic acids is 2. The normalized spacial score (nSPS) is 8.87. The molecule has 0 amide bonds. The summed E-state index contributed by atoms with van der Waals surface area (Å²) >= 11 is 0. The largest absolute Gasteiger partial charge is 0.307 e. The molecule has 0 unspecified atom stereocenters. The Kier molecular flexibility index (Phi) is 8.25. The molecule has 0 spiro atoms. The number of unbranched alkanes of at least 4 members (excludes halogenated alkanes) is 1. The lowest BCUT2D eigenvalue weighted by molar-refractivity contribution is -0.117. The zero-order chi connectivity index (χ0) is 11.5. The van der Waals surface area contributed by atoms with Gasteiger partial charge in [-0.1, -0.05) is 30.3 Å². The first-order valence-corrected chi connectivity index (χ1v) is 5.11. The Bertz CT molecular complexity index is 267. The first-order chi connectivity index (χ1) is 7.29. The average Bonchev–Trinajstić information content (AvgIpc) is 2.28. The van der Waals surface area contributed by atoms with Crippen molar-refractivity contribution in [3.63, 3.8) is 0 Å². The van der Waals surface area contributed by atoms with Crippen LogP contribution >= 0.6 is 0 Å². The highest BCUT2D eigenvalue weighted by atomic mass is 16.1. The van der Waals surface area contributed by atoms with Gasteiger partial charge in [0.2, 0.25) is 0 Å². The fourth-order valence-corrected chi connectivity index (χ4v) is 1.35. The van der Waals surface area contributed by atoms with Gasteiger partial charge in [0, 0.05) is 6.42 Å². The van der Waals surface area contributed by atoms with E-state index in [-0.39, 0.29) is 0 Å². The molecular weight excluding hydrogens is 188 g/mol. The summed E-state index contributed by atoms with van der Waals surface area (Å²) in [6.07, 6.45) is 3.95. The minimum Gasteiger partial charge on any atom is -0.307 e. The molecule has 0 aliphatic carbocycles. The van der Waals surface area contributed by atoms with Gasteiger partial charge in [0.1, 0.15) is 12.6 Å². The predicted molar refractivity (Wildman–Crippen MR) is 61.8 cm³/mol. The Morgan fingerprint density at radius 3 is 2.27 bits per heavy atom. The lowest BCUT2D eigenvalue weighted by Gasteiger charge is -1.99. The van der Waals surface area contributed by atoms with E-state index in [0.717, 1.165) is 25.7 Å². The molecular formula is C13H18O2. The topological polar surface area (TPSA) is 34.1 Å². The van der Waals surface area contributed by atoms with Crippen LogP contribution in [-0.4, -0.2) is 12.6 Å². The molecule has 0 saturated heterocycles. The molecule has 0 radical (unpaired) electrons. The maximum atomic E-state index is 10.7. The molecule has 1 aromatic carbocycles. The van der Waals surface area contributed by atoms with Gasteiger partial charge in [-0.25, -0.2) is 0 Å². The second kappa shape index (κ2) is 9.13. The van der Waals surface area contributed by atoms with Crippen molar-refractivity contribution in [1.29, 1.82) is 0 Å². The number of Topliss-reactive ketones (excluding diaryl/α,β-unsaturated/α-hetero) is 1. The van der Waals surface area contributed by atoms with Gasteiger partial charge >= 0.3 is 0 Å². The van der Waals surface area contributed by atoms with E-state index >= 15 is 0 Å². The summed E-state index contributed by atoms with van der Waals surface area (Å²) in [4.78, 5) is 18.7. The molecule has 0 atom stereocenters. The number of ketones is 1. The third kappa shape index (κ3) is 7.62. The summed E-state index contributed by atoms with van der Waals surface area (Å²) in [5.74, 6) is 0.299. The fraction of sp³-hybridized carbons (Fsp3) is 0.385. The molecule has 0 fully saturated rings. The molecule has 0 saturated carbocycles. The second-order valence-electron chi connectivity index (χ2n) is 3.39. The molecule has 0 aromatic heterocycles. The number of rotatable bonds is 5. The van der Waals surface area contributed by atoms with E-state index in [0.29, 0.717) is 5.78 Å². The van der Waals surface area contributed by atoms with Gasteiger partial charge in [-0.2, -0.15) is 0 Å². The van der Waals surface area contributed by atoms with Crippen LogP contribution in [0.2, 0.25) is 0 Å². The lowest BCUT2D eigenvalue weighted by atomic mass is 10.1. The molecule has 2 heteroatoms. The van der Waals surface area contributed by atoms with Gasteiger partial charge in [0.15, 0.2) is 0 Å². The van der Waals surface area contributed by atoms with E-state index in [1.807, 2.05) is 12.9 Å². The van der Waals surface area contributed by atoms with Crippen LogP contribution in [0.5, 0.6) is 0 Å². The van der Waals surface area contributed by atoms with E-state index < -0.39 is 0 Å². The van der Waals surface area contributed by atoms with Crippen molar-refractivity contribution in [2.45, 2.75) is 32.6 Å². The molecule has 0 aliphatic rings. The highest BCUT2D eigenvalue weighted by Gasteiger charge is 1.94. The number of benzene rings is 1. The predicted octanol–water partition coefficient (Wildman–Crippen LogP) is 2.80. The van der Waals surface area contributed by atoms with E-state index in [1.54, 1.807) is 6.92 Å². The minimum atomic E-state index is 0.299. The van der Waals surface area contributed by atoms with E-state index in [4.69, 9.17) is 4.79 Å². The zero-order valence-corrected chi connectivity index (χ0v) is 9.24. The fourth-order valence-electron chi connectivity index (χ4n) is 1.35. The van der Waals surface area contributed by atoms with Gasteiger partial charge in [-0.3, -0.25) is 0 Å². The van der Waals surface area contributed by atoms with Crippen LogP contribution in [-0.2, 0) is 16.0 Å². The molecule has 15 heavy (non-hydrogen) atoms. The molecule has 0 aliphatic heterocycles. The van der Waals surface area contributed by atoms with Crippen LogP contribution in [0.3, 0.4) is 0 Å². The molecule has 2 nitrogen and oxygen atoms in total. The Hall–Kier alpha value is -1.44. The van der Waals surface area contributed by atoms with E-state index in [2.05, 4.69) is 24.3 Å². The van der Waals surface area contributed by atoms with Crippen molar-refractivity contribution in [2.24, 2.45) is 0 Å². The molecule has 1 rings (SSSR count). The standard InChI is InChI=1S/C12H16O.CH2O/c1-11(13)7-5-6-10-12-8-3-2-4-9-12;1-2/h2-4,8-9H,5-7,10H2,1H3;1H2. The Morgan fingerprint density at radius 2 is 1.73 bits per heavy atom. The summed E-state index contributed by atoms with van der Waals surface area (Å²) < 4.78 is 0. The highest BCUT2D eigenvalue weighted by Crippen LogP contribution is 2.05. The lowest BCUT2D eigenvalue weighted by Crippen LogP contribution is -1.91. The third-order valence-corrected chi connectivity index (χ3v) is 2.09.